The Balaban J connectivity index is 1.91. The van der Waals surface area contributed by atoms with Crippen LogP contribution < -0.4 is 10.6 Å². The molecule has 1 aromatic carbocycles. The standard InChI is InChI=1S/C14H20N4O4/c1-15-12-3-2-11(10-13(12)18(20)21)14(19)16-4-5-17-6-8-22-9-7-17/h2-3,10,15H,4-9H2,1H3,(H,16,19). The Bertz CT molecular complexity index is 544. The van der Waals surface area contributed by atoms with E-state index >= 15 is 0 Å². The first-order valence-corrected chi connectivity index (χ1v) is 7.16. The number of carbonyl (C=O) groups excluding carboxylic acids is 1. The highest BCUT2D eigenvalue weighted by Gasteiger charge is 2.17. The van der Waals surface area contributed by atoms with Crippen LogP contribution in [-0.2, 0) is 4.74 Å². The molecule has 2 N–H and O–H groups in total. The van der Waals surface area contributed by atoms with Gasteiger partial charge in [-0.2, -0.15) is 0 Å². The summed E-state index contributed by atoms with van der Waals surface area (Å²) in [5, 5.41) is 16.5. The lowest BCUT2D eigenvalue weighted by Crippen LogP contribution is -2.41. The SMILES string of the molecule is CNc1ccc(C(=O)NCCN2CCOCC2)cc1[N+](=O)[O-]. The molecule has 1 aliphatic heterocycles. The second-order valence-electron chi connectivity index (χ2n) is 4.95. The van der Waals surface area contributed by atoms with Crippen LogP contribution >= 0.6 is 0 Å². The van der Waals surface area contributed by atoms with Crippen LogP contribution in [0.1, 0.15) is 10.4 Å². The average Bonchev–Trinajstić information content (AvgIpc) is 2.55. The summed E-state index contributed by atoms with van der Waals surface area (Å²) < 4.78 is 5.26. The summed E-state index contributed by atoms with van der Waals surface area (Å²) in [7, 11) is 1.60. The fourth-order valence-corrected chi connectivity index (χ4v) is 2.29. The van der Waals surface area contributed by atoms with Crippen molar-refractivity contribution in [2.24, 2.45) is 0 Å². The smallest absolute Gasteiger partial charge is 0.293 e. The largest absolute Gasteiger partial charge is 0.383 e. The van der Waals surface area contributed by atoms with Gasteiger partial charge in [0.2, 0.25) is 0 Å². The lowest BCUT2D eigenvalue weighted by atomic mass is 10.1. The van der Waals surface area contributed by atoms with Gasteiger partial charge in [0, 0.05) is 44.9 Å². The molecule has 0 aromatic heterocycles. The van der Waals surface area contributed by atoms with Gasteiger partial charge in [0.25, 0.3) is 11.6 Å². The molecule has 0 unspecified atom stereocenters. The molecule has 0 atom stereocenters. The molecular weight excluding hydrogens is 288 g/mol. The molecule has 0 radical (unpaired) electrons. The number of hydrogen-bond acceptors (Lipinski definition) is 6. The van der Waals surface area contributed by atoms with Crippen LogP contribution in [0.4, 0.5) is 11.4 Å². The molecule has 2 rings (SSSR count). The van der Waals surface area contributed by atoms with Gasteiger partial charge in [-0.3, -0.25) is 19.8 Å². The van der Waals surface area contributed by atoms with Gasteiger partial charge in [-0.1, -0.05) is 0 Å². The van der Waals surface area contributed by atoms with Crippen molar-refractivity contribution in [3.8, 4) is 0 Å². The number of ether oxygens (including phenoxy) is 1. The minimum absolute atomic E-state index is 0.108. The summed E-state index contributed by atoms with van der Waals surface area (Å²) in [5.74, 6) is -0.306. The van der Waals surface area contributed by atoms with Gasteiger partial charge >= 0.3 is 0 Å². The van der Waals surface area contributed by atoms with Crippen molar-refractivity contribution in [2.75, 3.05) is 51.8 Å². The van der Waals surface area contributed by atoms with E-state index in [0.717, 1.165) is 19.6 Å². The number of amides is 1. The second kappa shape index (κ2) is 7.71. The number of carbonyl (C=O) groups is 1. The van der Waals surface area contributed by atoms with Crippen LogP contribution in [0.2, 0.25) is 0 Å². The summed E-state index contributed by atoms with van der Waals surface area (Å²) >= 11 is 0. The third kappa shape index (κ3) is 4.15. The zero-order valence-electron chi connectivity index (χ0n) is 12.5. The van der Waals surface area contributed by atoms with Crippen LogP contribution in [0.5, 0.6) is 0 Å². The number of morpholine rings is 1. The molecule has 1 fully saturated rings. The van der Waals surface area contributed by atoms with Gasteiger partial charge in [-0.05, 0) is 12.1 Å². The summed E-state index contributed by atoms with van der Waals surface area (Å²) in [6, 6.07) is 4.40. The maximum atomic E-state index is 12.1. The van der Waals surface area contributed by atoms with E-state index < -0.39 is 4.92 Å². The van der Waals surface area contributed by atoms with E-state index in [0.29, 0.717) is 25.4 Å². The van der Waals surface area contributed by atoms with Gasteiger partial charge in [0.15, 0.2) is 0 Å². The fourth-order valence-electron chi connectivity index (χ4n) is 2.29. The molecular formula is C14H20N4O4. The monoisotopic (exact) mass is 308 g/mol. The van der Waals surface area contributed by atoms with E-state index in [9.17, 15) is 14.9 Å². The zero-order valence-corrected chi connectivity index (χ0v) is 12.5. The Hall–Kier alpha value is -2.19. The number of anilines is 1. The first kappa shape index (κ1) is 16.2. The zero-order chi connectivity index (χ0) is 15.9. The van der Waals surface area contributed by atoms with Crippen molar-refractivity contribution >= 4 is 17.3 Å². The Morgan fingerprint density at radius 3 is 2.77 bits per heavy atom. The molecule has 0 spiro atoms. The predicted molar refractivity (Wildman–Crippen MR) is 82.2 cm³/mol. The van der Waals surface area contributed by atoms with Crippen molar-refractivity contribution in [1.29, 1.82) is 0 Å². The molecule has 8 heteroatoms. The molecule has 22 heavy (non-hydrogen) atoms. The lowest BCUT2D eigenvalue weighted by molar-refractivity contribution is -0.384. The van der Waals surface area contributed by atoms with Crippen molar-refractivity contribution in [3.05, 3.63) is 33.9 Å². The van der Waals surface area contributed by atoms with E-state index in [4.69, 9.17) is 4.74 Å². The second-order valence-corrected chi connectivity index (χ2v) is 4.95. The van der Waals surface area contributed by atoms with E-state index in [1.165, 1.54) is 12.1 Å². The highest BCUT2D eigenvalue weighted by atomic mass is 16.6. The molecule has 0 bridgehead atoms. The highest BCUT2D eigenvalue weighted by molar-refractivity contribution is 5.95. The molecule has 1 aliphatic rings. The molecule has 120 valence electrons. The molecule has 1 heterocycles. The van der Waals surface area contributed by atoms with E-state index in [2.05, 4.69) is 15.5 Å². The number of nitrogens with one attached hydrogen (secondary N) is 2. The number of nitro groups is 1. The minimum Gasteiger partial charge on any atom is -0.383 e. The van der Waals surface area contributed by atoms with E-state index in [1.807, 2.05) is 0 Å². The maximum Gasteiger partial charge on any atom is 0.293 e. The first-order chi connectivity index (χ1) is 10.6. The topological polar surface area (TPSA) is 96.7 Å². The highest BCUT2D eigenvalue weighted by Crippen LogP contribution is 2.24. The minimum atomic E-state index is -0.504. The Labute approximate surface area is 128 Å². The van der Waals surface area contributed by atoms with E-state index in [1.54, 1.807) is 13.1 Å². The number of rotatable bonds is 6. The molecule has 0 saturated carbocycles. The summed E-state index contributed by atoms with van der Waals surface area (Å²) in [4.78, 5) is 24.8. The quantitative estimate of drug-likeness (QED) is 0.593. The summed E-state index contributed by atoms with van der Waals surface area (Å²) in [6.07, 6.45) is 0. The summed E-state index contributed by atoms with van der Waals surface area (Å²) in [5.41, 5.74) is 0.561. The van der Waals surface area contributed by atoms with Crippen LogP contribution in [0, 0.1) is 10.1 Å². The van der Waals surface area contributed by atoms with Crippen molar-refractivity contribution in [2.45, 2.75) is 0 Å². The average molecular weight is 308 g/mol. The maximum absolute atomic E-state index is 12.1. The molecule has 1 amide bonds. The third-order valence-electron chi connectivity index (χ3n) is 3.54. The Morgan fingerprint density at radius 1 is 1.41 bits per heavy atom. The van der Waals surface area contributed by atoms with Crippen LogP contribution in [-0.4, -0.2) is 62.2 Å². The van der Waals surface area contributed by atoms with Gasteiger partial charge in [-0.25, -0.2) is 0 Å². The van der Waals surface area contributed by atoms with Gasteiger partial charge in [0.1, 0.15) is 5.69 Å². The molecule has 8 nitrogen and oxygen atoms in total. The van der Waals surface area contributed by atoms with Crippen LogP contribution in [0.25, 0.3) is 0 Å². The number of nitro benzene ring substituents is 1. The summed E-state index contributed by atoms with van der Waals surface area (Å²) in [6.45, 7) is 4.39. The van der Waals surface area contributed by atoms with Crippen molar-refractivity contribution in [3.63, 3.8) is 0 Å². The fraction of sp³-hybridized carbons (Fsp3) is 0.500. The van der Waals surface area contributed by atoms with Crippen LogP contribution in [0.3, 0.4) is 0 Å². The van der Waals surface area contributed by atoms with Gasteiger partial charge < -0.3 is 15.4 Å². The van der Waals surface area contributed by atoms with Gasteiger partial charge in [-0.15, -0.1) is 0 Å². The molecule has 1 saturated heterocycles. The number of benzene rings is 1. The third-order valence-corrected chi connectivity index (χ3v) is 3.54. The number of hydrogen-bond donors (Lipinski definition) is 2. The Kier molecular flexibility index (Phi) is 5.68. The Morgan fingerprint density at radius 2 is 2.14 bits per heavy atom. The van der Waals surface area contributed by atoms with Crippen molar-refractivity contribution in [1.82, 2.24) is 10.2 Å². The van der Waals surface area contributed by atoms with E-state index in [-0.39, 0.29) is 17.2 Å². The first-order valence-electron chi connectivity index (χ1n) is 7.16. The number of nitrogens with zero attached hydrogens (tertiary/aromatic N) is 2. The predicted octanol–water partition coefficient (Wildman–Crippen LogP) is 0.699. The molecule has 0 aliphatic carbocycles. The van der Waals surface area contributed by atoms with Crippen molar-refractivity contribution < 1.29 is 14.5 Å². The molecule has 1 aromatic rings. The normalized spacial score (nSPS) is 15.3. The lowest BCUT2D eigenvalue weighted by Gasteiger charge is -2.26. The van der Waals surface area contributed by atoms with Gasteiger partial charge in [0.05, 0.1) is 18.1 Å². The van der Waals surface area contributed by atoms with Crippen LogP contribution in [0.15, 0.2) is 18.2 Å².